The van der Waals surface area contributed by atoms with Gasteiger partial charge in [0.2, 0.25) is 10.0 Å². The van der Waals surface area contributed by atoms with Crippen LogP contribution in [0.4, 0.5) is 13.2 Å². The second kappa shape index (κ2) is 9.71. The Morgan fingerprint density at radius 1 is 1.21 bits per heavy atom. The molecule has 2 N–H and O–H groups in total. The van der Waals surface area contributed by atoms with E-state index in [1.54, 1.807) is 0 Å². The van der Waals surface area contributed by atoms with Crippen molar-refractivity contribution >= 4 is 15.9 Å². The van der Waals surface area contributed by atoms with Gasteiger partial charge in [0, 0.05) is 6.54 Å². The van der Waals surface area contributed by atoms with Crippen molar-refractivity contribution in [2.75, 3.05) is 39.3 Å². The first kappa shape index (κ1) is 22.6. The van der Waals surface area contributed by atoms with Gasteiger partial charge in [-0.1, -0.05) is 25.8 Å². The van der Waals surface area contributed by atoms with Crippen LogP contribution in [0.1, 0.15) is 31.7 Å². The topological polar surface area (TPSA) is 70.9 Å². The van der Waals surface area contributed by atoms with Crippen molar-refractivity contribution in [1.29, 1.82) is 0 Å². The van der Waals surface area contributed by atoms with Crippen LogP contribution >= 0.6 is 0 Å². The fourth-order valence-electron chi connectivity index (χ4n) is 3.09. The van der Waals surface area contributed by atoms with Crippen LogP contribution in [-0.4, -0.2) is 57.9 Å². The second-order valence-electron chi connectivity index (χ2n) is 6.91. The Hall–Kier alpha value is -1.65. The molecule has 1 aromatic carbocycles. The summed E-state index contributed by atoms with van der Waals surface area (Å²) in [6.07, 6.45) is -1.54. The van der Waals surface area contributed by atoms with Crippen LogP contribution in [0.25, 0.3) is 0 Å². The second-order valence-corrected chi connectivity index (χ2v) is 8.85. The highest BCUT2D eigenvalue weighted by Crippen LogP contribution is 2.31. The largest absolute Gasteiger partial charge is 0.416 e. The predicted octanol–water partition coefficient (Wildman–Crippen LogP) is 0.901. The summed E-state index contributed by atoms with van der Waals surface area (Å²) in [5.74, 6) is -0.0692. The first-order chi connectivity index (χ1) is 13.1. The minimum absolute atomic E-state index is 0.0692. The summed E-state index contributed by atoms with van der Waals surface area (Å²) < 4.78 is 65.1. The number of halogens is 3. The number of quaternary nitrogens is 1. The van der Waals surface area contributed by atoms with E-state index in [-0.39, 0.29) is 30.4 Å². The Bertz CT molecular complexity index is 761. The van der Waals surface area contributed by atoms with E-state index in [0.717, 1.165) is 36.3 Å². The number of unbranched alkanes of at least 4 members (excludes halogenated alkanes) is 2. The normalized spacial score (nSPS) is 16.9. The van der Waals surface area contributed by atoms with Crippen molar-refractivity contribution in [2.45, 2.75) is 37.3 Å². The average Bonchev–Trinajstić information content (AvgIpc) is 2.65. The third-order valence-corrected chi connectivity index (χ3v) is 6.64. The van der Waals surface area contributed by atoms with Gasteiger partial charge in [0.15, 0.2) is 6.54 Å². The third kappa shape index (κ3) is 6.18. The van der Waals surface area contributed by atoms with Crippen LogP contribution < -0.4 is 10.2 Å². The highest BCUT2D eigenvalue weighted by atomic mass is 32.2. The van der Waals surface area contributed by atoms with E-state index in [9.17, 15) is 26.4 Å². The lowest BCUT2D eigenvalue weighted by Gasteiger charge is -2.31. The molecule has 28 heavy (non-hydrogen) atoms. The van der Waals surface area contributed by atoms with Crippen LogP contribution in [0.3, 0.4) is 0 Å². The van der Waals surface area contributed by atoms with E-state index < -0.39 is 21.8 Å². The zero-order chi connectivity index (χ0) is 20.8. The van der Waals surface area contributed by atoms with Crippen LogP contribution in [0.2, 0.25) is 0 Å². The van der Waals surface area contributed by atoms with Gasteiger partial charge < -0.3 is 10.2 Å². The minimum atomic E-state index is -4.60. The SMILES string of the molecule is CCCCCNC(=O)C[NH+]1CCN(S(=O)(=O)c2cccc(C(F)(F)F)c2)CC1. The smallest absolute Gasteiger partial charge is 0.351 e. The number of piperazine rings is 1. The van der Waals surface area contributed by atoms with E-state index in [1.165, 1.54) is 10.4 Å². The van der Waals surface area contributed by atoms with Crippen molar-refractivity contribution in [3.8, 4) is 0 Å². The summed E-state index contributed by atoms with van der Waals surface area (Å²) >= 11 is 0. The molecule has 0 aliphatic carbocycles. The van der Waals surface area contributed by atoms with Crippen molar-refractivity contribution in [3.05, 3.63) is 29.8 Å². The van der Waals surface area contributed by atoms with Gasteiger partial charge in [0.1, 0.15) is 0 Å². The molecule has 2 rings (SSSR count). The fraction of sp³-hybridized carbons (Fsp3) is 0.611. The Kier molecular flexibility index (Phi) is 7.85. The Morgan fingerprint density at radius 3 is 2.50 bits per heavy atom. The molecule has 0 spiro atoms. The molecule has 0 aromatic heterocycles. The monoisotopic (exact) mass is 422 g/mol. The fourth-order valence-corrected chi connectivity index (χ4v) is 4.58. The Morgan fingerprint density at radius 2 is 1.89 bits per heavy atom. The van der Waals surface area contributed by atoms with Crippen LogP contribution in [0, 0.1) is 0 Å². The summed E-state index contributed by atoms with van der Waals surface area (Å²) in [6.45, 7) is 4.17. The number of carbonyl (C=O) groups is 1. The van der Waals surface area contributed by atoms with Crippen molar-refractivity contribution < 1.29 is 31.3 Å². The number of carbonyl (C=O) groups excluding carboxylic acids is 1. The molecular formula is C18H27F3N3O3S+. The van der Waals surface area contributed by atoms with Gasteiger partial charge >= 0.3 is 6.18 Å². The zero-order valence-corrected chi connectivity index (χ0v) is 16.7. The number of hydrogen-bond donors (Lipinski definition) is 2. The number of benzene rings is 1. The van der Waals surface area contributed by atoms with Crippen molar-refractivity contribution in [3.63, 3.8) is 0 Å². The van der Waals surface area contributed by atoms with Gasteiger partial charge in [0.05, 0.1) is 36.6 Å². The first-order valence-corrected chi connectivity index (χ1v) is 10.9. The number of alkyl halides is 3. The quantitative estimate of drug-likeness (QED) is 0.612. The van der Waals surface area contributed by atoms with Gasteiger partial charge in [0.25, 0.3) is 5.91 Å². The molecule has 0 saturated carbocycles. The van der Waals surface area contributed by atoms with Crippen LogP contribution in [0.15, 0.2) is 29.2 Å². The maximum atomic E-state index is 12.9. The summed E-state index contributed by atoms with van der Waals surface area (Å²) in [4.78, 5) is 12.5. The predicted molar refractivity (Wildman–Crippen MR) is 98.3 cm³/mol. The van der Waals surface area contributed by atoms with Crippen LogP contribution in [-0.2, 0) is 21.0 Å². The molecule has 1 fully saturated rings. The van der Waals surface area contributed by atoms with E-state index >= 15 is 0 Å². The van der Waals surface area contributed by atoms with Crippen molar-refractivity contribution in [2.24, 2.45) is 0 Å². The van der Waals surface area contributed by atoms with E-state index in [2.05, 4.69) is 12.2 Å². The zero-order valence-electron chi connectivity index (χ0n) is 15.9. The number of amides is 1. The molecule has 1 amide bonds. The molecule has 1 aliphatic rings. The van der Waals surface area contributed by atoms with Gasteiger partial charge in [-0.3, -0.25) is 4.79 Å². The van der Waals surface area contributed by atoms with E-state index in [1.807, 2.05) is 0 Å². The van der Waals surface area contributed by atoms with E-state index in [4.69, 9.17) is 0 Å². The molecular weight excluding hydrogens is 395 g/mol. The Labute approximate surface area is 163 Å². The molecule has 1 aliphatic heterocycles. The lowest BCUT2D eigenvalue weighted by atomic mass is 10.2. The Balaban J connectivity index is 1.91. The number of nitrogens with zero attached hydrogens (tertiary/aromatic N) is 1. The lowest BCUT2D eigenvalue weighted by Crippen LogP contribution is -3.15. The minimum Gasteiger partial charge on any atom is -0.351 e. The average molecular weight is 422 g/mol. The standard InChI is InChI=1S/C18H26F3N3O3S/c1-2-3-4-8-22-17(25)14-23-9-11-24(12-10-23)28(26,27)16-7-5-6-15(13-16)18(19,20)21/h5-7,13H,2-4,8-12,14H2,1H3,(H,22,25)/p+1. The van der Waals surface area contributed by atoms with Gasteiger partial charge in [-0.2, -0.15) is 17.5 Å². The molecule has 10 heteroatoms. The molecule has 1 aromatic rings. The molecule has 1 saturated heterocycles. The summed E-state index contributed by atoms with van der Waals surface area (Å²) in [6, 6.07) is 3.78. The number of nitrogens with one attached hydrogen (secondary N) is 2. The van der Waals surface area contributed by atoms with Gasteiger partial charge in [-0.05, 0) is 24.6 Å². The highest BCUT2D eigenvalue weighted by Gasteiger charge is 2.34. The van der Waals surface area contributed by atoms with Gasteiger partial charge in [-0.15, -0.1) is 0 Å². The lowest BCUT2D eigenvalue weighted by molar-refractivity contribution is -0.895. The number of rotatable bonds is 8. The molecule has 1 heterocycles. The molecule has 0 radical (unpaired) electrons. The molecule has 0 bridgehead atoms. The summed E-state index contributed by atoms with van der Waals surface area (Å²) in [7, 11) is -4.00. The molecule has 0 atom stereocenters. The highest BCUT2D eigenvalue weighted by molar-refractivity contribution is 7.89. The molecule has 158 valence electrons. The summed E-state index contributed by atoms with van der Waals surface area (Å²) in [5.41, 5.74) is -0.988. The molecule has 0 unspecified atom stereocenters. The first-order valence-electron chi connectivity index (χ1n) is 9.42. The summed E-state index contributed by atoms with van der Waals surface area (Å²) in [5, 5.41) is 2.85. The maximum absolute atomic E-state index is 12.9. The van der Waals surface area contributed by atoms with Crippen LogP contribution in [0.5, 0.6) is 0 Å². The molecule has 6 nitrogen and oxygen atoms in total. The maximum Gasteiger partial charge on any atom is 0.416 e. The van der Waals surface area contributed by atoms with Gasteiger partial charge in [-0.25, -0.2) is 8.42 Å². The van der Waals surface area contributed by atoms with Crippen molar-refractivity contribution in [1.82, 2.24) is 9.62 Å². The van der Waals surface area contributed by atoms with E-state index in [0.29, 0.717) is 25.7 Å². The number of sulfonamides is 1. The number of hydrogen-bond acceptors (Lipinski definition) is 3. The third-order valence-electron chi connectivity index (χ3n) is 4.74.